The minimum atomic E-state index is -0.514. The van der Waals surface area contributed by atoms with Crippen LogP contribution in [0.3, 0.4) is 0 Å². The Morgan fingerprint density at radius 3 is 2.68 bits per heavy atom. The molecular weight excluding hydrogens is 471 g/mol. The minimum Gasteiger partial charge on any atom is -0.495 e. The van der Waals surface area contributed by atoms with E-state index in [2.05, 4.69) is 28.0 Å². The third kappa shape index (κ3) is 5.12. The quantitative estimate of drug-likeness (QED) is 0.576. The first kappa shape index (κ1) is 25.4. The number of halogens is 1. The van der Waals surface area contributed by atoms with Crippen LogP contribution in [0.15, 0.2) is 36.4 Å². The Bertz CT molecular complexity index is 1210. The van der Waals surface area contributed by atoms with Crippen LogP contribution >= 0.6 is 0 Å². The zero-order valence-electron chi connectivity index (χ0n) is 21.5. The maximum absolute atomic E-state index is 14.0. The summed E-state index contributed by atoms with van der Waals surface area (Å²) in [5.74, 6) is 0.127. The predicted molar refractivity (Wildman–Crippen MR) is 138 cm³/mol. The van der Waals surface area contributed by atoms with Gasteiger partial charge in [0.1, 0.15) is 23.7 Å². The topological polar surface area (TPSA) is 69.0 Å². The third-order valence-electron chi connectivity index (χ3n) is 7.71. The second-order valence-corrected chi connectivity index (χ2v) is 9.97. The van der Waals surface area contributed by atoms with Crippen molar-refractivity contribution in [2.45, 2.75) is 31.5 Å². The maximum Gasteiger partial charge on any atom is 0.244 e. The molecule has 2 heterocycles. The highest BCUT2D eigenvalue weighted by Gasteiger charge is 2.41. The molecule has 0 aromatic heterocycles. The number of morpholine rings is 1. The van der Waals surface area contributed by atoms with Gasteiger partial charge in [0, 0.05) is 51.4 Å². The number of aryl methyl sites for hydroxylation is 1. The summed E-state index contributed by atoms with van der Waals surface area (Å²) in [6.07, 6.45) is 5.96. The average molecular weight is 505 g/mol. The standard InChI is InChI=1S/C29H33FN4O3/c1-32(19-26-25-6-4-3-5-21(25)15-22(16-31)28(26)36-2)29(35)27(20-7-9-23(30)10-8-20)34-17-24(18-34)33-11-13-37-14-12-33/h4,6-10,15,24,27H,3,5,11-14,17-19H2,1-2H3. The number of hydrogen-bond acceptors (Lipinski definition) is 6. The van der Waals surface area contributed by atoms with Gasteiger partial charge in [-0.1, -0.05) is 24.3 Å². The molecule has 3 aliphatic rings. The molecule has 1 aliphatic carbocycles. The molecule has 2 aliphatic heterocycles. The number of nitriles is 1. The maximum atomic E-state index is 14.0. The lowest BCUT2D eigenvalue weighted by molar-refractivity contribution is -0.141. The number of carbonyl (C=O) groups excluding carboxylic acids is 1. The number of fused-ring (bicyclic) bond motifs is 1. The molecule has 1 amide bonds. The average Bonchev–Trinajstić information content (AvgIpc) is 2.90. The first-order valence-corrected chi connectivity index (χ1v) is 12.9. The number of amides is 1. The van der Waals surface area contributed by atoms with Gasteiger partial charge in [-0.05, 0) is 47.7 Å². The summed E-state index contributed by atoms with van der Waals surface area (Å²) in [5.41, 5.74) is 4.23. The fourth-order valence-electron chi connectivity index (χ4n) is 5.67. The molecular formula is C29H33FN4O3. The number of likely N-dealkylation sites (N-methyl/N-ethyl adjacent to an activating group) is 1. The fourth-order valence-corrected chi connectivity index (χ4v) is 5.67. The second kappa shape index (κ2) is 11.0. The summed E-state index contributed by atoms with van der Waals surface area (Å²) in [6.45, 7) is 5.13. The summed E-state index contributed by atoms with van der Waals surface area (Å²) in [5, 5.41) is 9.75. The number of methoxy groups -OCH3 is 1. The van der Waals surface area contributed by atoms with E-state index >= 15 is 0 Å². The molecule has 7 nitrogen and oxygen atoms in total. The number of rotatable bonds is 7. The number of ether oxygens (including phenoxy) is 2. The number of carbonyl (C=O) groups is 1. The van der Waals surface area contributed by atoms with Gasteiger partial charge in [0.25, 0.3) is 0 Å². The van der Waals surface area contributed by atoms with E-state index in [9.17, 15) is 14.4 Å². The Morgan fingerprint density at radius 2 is 2.00 bits per heavy atom. The highest BCUT2D eigenvalue weighted by atomic mass is 19.1. The molecule has 2 aromatic rings. The Labute approximate surface area is 217 Å². The van der Waals surface area contributed by atoms with Crippen LogP contribution in [0.4, 0.5) is 4.39 Å². The van der Waals surface area contributed by atoms with Gasteiger partial charge in [-0.25, -0.2) is 4.39 Å². The van der Waals surface area contributed by atoms with Gasteiger partial charge in [0.2, 0.25) is 5.91 Å². The van der Waals surface area contributed by atoms with E-state index in [0.29, 0.717) is 23.9 Å². The summed E-state index contributed by atoms with van der Waals surface area (Å²) in [4.78, 5) is 20.3. The largest absolute Gasteiger partial charge is 0.495 e. The Balaban J connectivity index is 1.41. The van der Waals surface area contributed by atoms with Crippen molar-refractivity contribution in [3.8, 4) is 11.8 Å². The Hall–Kier alpha value is -3.25. The highest BCUT2D eigenvalue weighted by Crippen LogP contribution is 2.36. The van der Waals surface area contributed by atoms with Crippen LogP contribution in [0, 0.1) is 17.1 Å². The van der Waals surface area contributed by atoms with Gasteiger partial charge in [0.15, 0.2) is 0 Å². The van der Waals surface area contributed by atoms with Crippen molar-refractivity contribution in [3.05, 3.63) is 70.0 Å². The van der Waals surface area contributed by atoms with Crippen LogP contribution in [-0.4, -0.2) is 80.2 Å². The highest BCUT2D eigenvalue weighted by molar-refractivity contribution is 5.83. The van der Waals surface area contributed by atoms with Gasteiger partial charge in [0.05, 0.1) is 25.9 Å². The van der Waals surface area contributed by atoms with E-state index < -0.39 is 6.04 Å². The molecule has 5 rings (SSSR count). The predicted octanol–water partition coefficient (Wildman–Crippen LogP) is 3.38. The van der Waals surface area contributed by atoms with E-state index in [1.54, 1.807) is 31.2 Å². The normalized spacial score (nSPS) is 19.0. The van der Waals surface area contributed by atoms with Crippen LogP contribution in [0.5, 0.6) is 5.75 Å². The Morgan fingerprint density at radius 1 is 1.27 bits per heavy atom. The first-order chi connectivity index (χ1) is 18.0. The third-order valence-corrected chi connectivity index (χ3v) is 7.71. The van der Waals surface area contributed by atoms with E-state index in [0.717, 1.165) is 74.5 Å². The van der Waals surface area contributed by atoms with E-state index in [1.807, 2.05) is 6.07 Å². The number of nitrogens with zero attached hydrogens (tertiary/aromatic N) is 4. The van der Waals surface area contributed by atoms with Gasteiger partial charge < -0.3 is 14.4 Å². The van der Waals surface area contributed by atoms with Crippen LogP contribution in [0.2, 0.25) is 0 Å². The monoisotopic (exact) mass is 504 g/mol. The summed E-state index contributed by atoms with van der Waals surface area (Å²) >= 11 is 0. The molecule has 8 heteroatoms. The van der Waals surface area contributed by atoms with Crippen LogP contribution < -0.4 is 4.74 Å². The fraction of sp³-hybridized carbons (Fsp3) is 0.448. The SMILES string of the molecule is COc1c(C#N)cc2c(c1CN(C)C(=O)C(c1ccc(F)cc1)N1CC(N3CCOCC3)C1)C=CCC2. The molecule has 194 valence electrons. The number of allylic oxidation sites excluding steroid dienone is 1. The van der Waals surface area contributed by atoms with E-state index in [4.69, 9.17) is 9.47 Å². The summed E-state index contributed by atoms with van der Waals surface area (Å²) in [7, 11) is 3.35. The van der Waals surface area contributed by atoms with Crippen molar-refractivity contribution in [1.82, 2.24) is 14.7 Å². The molecule has 0 radical (unpaired) electrons. The van der Waals surface area contributed by atoms with Crippen LogP contribution in [0.1, 0.15) is 40.3 Å². The molecule has 2 saturated heterocycles. The molecule has 0 spiro atoms. The second-order valence-electron chi connectivity index (χ2n) is 9.97. The lowest BCUT2D eigenvalue weighted by atomic mass is 9.89. The van der Waals surface area contributed by atoms with Gasteiger partial charge in [-0.15, -0.1) is 0 Å². The van der Waals surface area contributed by atoms with Crippen molar-refractivity contribution in [2.24, 2.45) is 0 Å². The molecule has 2 aromatic carbocycles. The molecule has 0 saturated carbocycles. The smallest absolute Gasteiger partial charge is 0.244 e. The van der Waals surface area contributed by atoms with Crippen molar-refractivity contribution >= 4 is 12.0 Å². The zero-order chi connectivity index (χ0) is 25.9. The summed E-state index contributed by atoms with van der Waals surface area (Å²) in [6, 6.07) is 10.3. The summed E-state index contributed by atoms with van der Waals surface area (Å²) < 4.78 is 24.9. The van der Waals surface area contributed by atoms with Gasteiger partial charge in [-0.3, -0.25) is 14.6 Å². The zero-order valence-corrected chi connectivity index (χ0v) is 21.5. The molecule has 0 N–H and O–H groups in total. The number of hydrogen-bond donors (Lipinski definition) is 0. The lowest BCUT2D eigenvalue weighted by Gasteiger charge is -2.49. The van der Waals surface area contributed by atoms with Crippen LogP contribution in [-0.2, 0) is 22.5 Å². The molecule has 1 atom stereocenters. The Kier molecular flexibility index (Phi) is 7.56. The van der Waals surface area contributed by atoms with Gasteiger partial charge >= 0.3 is 0 Å². The van der Waals surface area contributed by atoms with E-state index in [1.165, 1.54) is 12.1 Å². The molecule has 2 fully saturated rings. The molecule has 37 heavy (non-hydrogen) atoms. The van der Waals surface area contributed by atoms with Gasteiger partial charge in [-0.2, -0.15) is 5.26 Å². The van der Waals surface area contributed by atoms with E-state index in [-0.39, 0.29) is 11.7 Å². The lowest BCUT2D eigenvalue weighted by Crippen LogP contribution is -2.63. The molecule has 0 bridgehead atoms. The number of benzene rings is 2. The van der Waals surface area contributed by atoms with Crippen molar-refractivity contribution in [1.29, 1.82) is 5.26 Å². The van der Waals surface area contributed by atoms with Crippen LogP contribution in [0.25, 0.3) is 6.08 Å². The minimum absolute atomic E-state index is 0.0648. The van der Waals surface area contributed by atoms with Crippen molar-refractivity contribution in [2.75, 3.05) is 53.6 Å². The van der Waals surface area contributed by atoms with Crippen molar-refractivity contribution in [3.63, 3.8) is 0 Å². The number of likely N-dealkylation sites (tertiary alicyclic amines) is 1. The first-order valence-electron chi connectivity index (χ1n) is 12.9. The molecule has 1 unspecified atom stereocenters. The van der Waals surface area contributed by atoms with Crippen molar-refractivity contribution < 1.29 is 18.7 Å².